The van der Waals surface area contributed by atoms with Gasteiger partial charge in [0.25, 0.3) is 0 Å². The van der Waals surface area contributed by atoms with Crippen molar-refractivity contribution in [3.63, 3.8) is 0 Å². The third-order valence-corrected chi connectivity index (χ3v) is 6.23. The SMILES string of the molecule is Cc1ccc(SC(C)C(=O)NCc2ccccc2CN2CCCCC2)cc1. The van der Waals surface area contributed by atoms with Crippen molar-refractivity contribution in [1.82, 2.24) is 10.2 Å². The molecule has 2 aromatic carbocycles. The molecule has 1 fully saturated rings. The van der Waals surface area contributed by atoms with Crippen LogP contribution < -0.4 is 5.32 Å². The Hall–Kier alpha value is -1.78. The van der Waals surface area contributed by atoms with E-state index in [-0.39, 0.29) is 11.2 Å². The summed E-state index contributed by atoms with van der Waals surface area (Å²) in [6.45, 7) is 8.00. The predicted molar refractivity (Wildman–Crippen MR) is 114 cm³/mol. The van der Waals surface area contributed by atoms with Crippen molar-refractivity contribution in [2.75, 3.05) is 13.1 Å². The first-order valence-corrected chi connectivity index (χ1v) is 10.8. The molecule has 1 N–H and O–H groups in total. The topological polar surface area (TPSA) is 32.3 Å². The Balaban J connectivity index is 1.54. The molecule has 3 rings (SSSR count). The number of nitrogens with one attached hydrogen (secondary N) is 1. The zero-order valence-corrected chi connectivity index (χ0v) is 17.2. The Labute approximate surface area is 167 Å². The van der Waals surface area contributed by atoms with E-state index in [2.05, 4.69) is 65.7 Å². The number of likely N-dealkylation sites (tertiary alicyclic amines) is 1. The highest BCUT2D eigenvalue weighted by molar-refractivity contribution is 8.00. The van der Waals surface area contributed by atoms with E-state index < -0.39 is 0 Å². The minimum Gasteiger partial charge on any atom is -0.351 e. The van der Waals surface area contributed by atoms with Gasteiger partial charge in [0.15, 0.2) is 0 Å². The fraction of sp³-hybridized carbons (Fsp3) is 0.435. The normalized spacial score (nSPS) is 16.1. The van der Waals surface area contributed by atoms with Gasteiger partial charge >= 0.3 is 0 Å². The predicted octanol–water partition coefficient (Wildman–Crippen LogP) is 4.78. The van der Waals surface area contributed by atoms with E-state index in [0.717, 1.165) is 11.4 Å². The number of rotatable bonds is 7. The zero-order chi connectivity index (χ0) is 19.1. The van der Waals surface area contributed by atoms with Crippen LogP contribution in [-0.2, 0) is 17.9 Å². The summed E-state index contributed by atoms with van der Waals surface area (Å²) in [5.41, 5.74) is 3.80. The lowest BCUT2D eigenvalue weighted by atomic mass is 10.0. The van der Waals surface area contributed by atoms with E-state index in [9.17, 15) is 4.79 Å². The molecule has 1 atom stereocenters. The standard InChI is InChI=1S/C23H30N2OS/c1-18-10-12-22(13-11-18)27-19(2)23(26)24-16-20-8-4-5-9-21(20)17-25-14-6-3-7-15-25/h4-5,8-13,19H,3,6-7,14-17H2,1-2H3,(H,24,26). The number of carbonyl (C=O) groups is 1. The summed E-state index contributed by atoms with van der Waals surface area (Å²) in [7, 11) is 0. The molecular formula is C23H30N2OS. The van der Waals surface area contributed by atoms with E-state index in [1.807, 2.05) is 6.92 Å². The van der Waals surface area contributed by atoms with Gasteiger partial charge in [0, 0.05) is 18.0 Å². The fourth-order valence-corrected chi connectivity index (χ4v) is 4.34. The second kappa shape index (κ2) is 9.95. The first kappa shape index (κ1) is 20.0. The number of thioether (sulfide) groups is 1. The number of hydrogen-bond donors (Lipinski definition) is 1. The minimum atomic E-state index is -0.109. The van der Waals surface area contributed by atoms with Crippen LogP contribution in [0.15, 0.2) is 53.4 Å². The number of piperidine rings is 1. The maximum atomic E-state index is 12.5. The Morgan fingerprint density at radius 1 is 1.04 bits per heavy atom. The van der Waals surface area contributed by atoms with Gasteiger partial charge in [-0.3, -0.25) is 9.69 Å². The second-order valence-corrected chi connectivity index (χ2v) is 8.81. The molecule has 0 radical (unpaired) electrons. The van der Waals surface area contributed by atoms with Crippen molar-refractivity contribution in [1.29, 1.82) is 0 Å². The van der Waals surface area contributed by atoms with Crippen LogP contribution in [0, 0.1) is 6.92 Å². The van der Waals surface area contributed by atoms with Crippen molar-refractivity contribution in [2.24, 2.45) is 0 Å². The van der Waals surface area contributed by atoms with Gasteiger partial charge in [-0.05, 0) is 63.0 Å². The Morgan fingerprint density at radius 2 is 1.70 bits per heavy atom. The summed E-state index contributed by atoms with van der Waals surface area (Å²) in [5, 5.41) is 3.02. The lowest BCUT2D eigenvalue weighted by molar-refractivity contribution is -0.120. The van der Waals surface area contributed by atoms with Gasteiger partial charge in [-0.25, -0.2) is 0 Å². The molecule has 144 valence electrons. The average Bonchev–Trinajstić information content (AvgIpc) is 2.69. The van der Waals surface area contributed by atoms with E-state index in [0.29, 0.717) is 6.54 Å². The Kier molecular flexibility index (Phi) is 7.36. The molecule has 4 heteroatoms. The lowest BCUT2D eigenvalue weighted by Gasteiger charge is -2.27. The average molecular weight is 383 g/mol. The van der Waals surface area contributed by atoms with Gasteiger partial charge in [0.1, 0.15) is 0 Å². The lowest BCUT2D eigenvalue weighted by Crippen LogP contribution is -2.32. The van der Waals surface area contributed by atoms with Crippen molar-refractivity contribution in [2.45, 2.75) is 56.3 Å². The van der Waals surface area contributed by atoms with Crippen LogP contribution >= 0.6 is 11.8 Å². The maximum absolute atomic E-state index is 12.5. The molecule has 27 heavy (non-hydrogen) atoms. The maximum Gasteiger partial charge on any atom is 0.233 e. The van der Waals surface area contributed by atoms with Crippen molar-refractivity contribution >= 4 is 17.7 Å². The van der Waals surface area contributed by atoms with Crippen LogP contribution in [0.5, 0.6) is 0 Å². The van der Waals surface area contributed by atoms with Crippen LogP contribution in [0.4, 0.5) is 0 Å². The summed E-state index contributed by atoms with van der Waals surface area (Å²) in [6.07, 6.45) is 3.95. The highest BCUT2D eigenvalue weighted by atomic mass is 32.2. The molecule has 1 aliphatic rings. The molecule has 0 aliphatic carbocycles. The molecule has 1 aliphatic heterocycles. The van der Waals surface area contributed by atoms with Gasteiger partial charge in [0.2, 0.25) is 5.91 Å². The van der Waals surface area contributed by atoms with Crippen molar-refractivity contribution in [3.8, 4) is 0 Å². The van der Waals surface area contributed by atoms with Gasteiger partial charge in [0.05, 0.1) is 5.25 Å². The molecule has 0 saturated carbocycles. The summed E-state index contributed by atoms with van der Waals surface area (Å²) in [4.78, 5) is 16.2. The smallest absolute Gasteiger partial charge is 0.233 e. The van der Waals surface area contributed by atoms with Crippen LogP contribution in [0.3, 0.4) is 0 Å². The molecule has 1 heterocycles. The molecule has 1 saturated heterocycles. The number of nitrogens with zero attached hydrogens (tertiary/aromatic N) is 1. The first-order valence-electron chi connectivity index (χ1n) is 9.92. The van der Waals surface area contributed by atoms with Crippen LogP contribution in [-0.4, -0.2) is 29.1 Å². The third-order valence-electron chi connectivity index (χ3n) is 5.12. The summed E-state index contributed by atoms with van der Waals surface area (Å²) >= 11 is 1.61. The van der Waals surface area contributed by atoms with Crippen LogP contribution in [0.25, 0.3) is 0 Å². The van der Waals surface area contributed by atoms with E-state index >= 15 is 0 Å². The third kappa shape index (κ3) is 6.12. The molecule has 0 bridgehead atoms. The Morgan fingerprint density at radius 3 is 2.41 bits per heavy atom. The first-order chi connectivity index (χ1) is 13.1. The molecule has 1 unspecified atom stereocenters. The molecule has 2 aromatic rings. The fourth-order valence-electron chi connectivity index (χ4n) is 3.44. The summed E-state index contributed by atoms with van der Waals surface area (Å²) in [5.74, 6) is 0.0911. The molecular weight excluding hydrogens is 352 g/mol. The molecule has 0 aromatic heterocycles. The highest BCUT2D eigenvalue weighted by Crippen LogP contribution is 2.23. The van der Waals surface area contributed by atoms with Gasteiger partial charge in [-0.15, -0.1) is 11.8 Å². The molecule has 1 amide bonds. The second-order valence-electron chi connectivity index (χ2n) is 7.40. The molecule has 0 spiro atoms. The van der Waals surface area contributed by atoms with E-state index in [4.69, 9.17) is 0 Å². The zero-order valence-electron chi connectivity index (χ0n) is 16.4. The number of carbonyl (C=O) groups excluding carboxylic acids is 1. The van der Waals surface area contributed by atoms with Gasteiger partial charge in [-0.1, -0.05) is 48.4 Å². The van der Waals surface area contributed by atoms with Crippen molar-refractivity contribution < 1.29 is 4.79 Å². The van der Waals surface area contributed by atoms with Crippen LogP contribution in [0.2, 0.25) is 0 Å². The largest absolute Gasteiger partial charge is 0.351 e. The monoisotopic (exact) mass is 382 g/mol. The van der Waals surface area contributed by atoms with Gasteiger partial charge in [-0.2, -0.15) is 0 Å². The highest BCUT2D eigenvalue weighted by Gasteiger charge is 2.16. The summed E-state index contributed by atoms with van der Waals surface area (Å²) in [6, 6.07) is 16.8. The van der Waals surface area contributed by atoms with Crippen molar-refractivity contribution in [3.05, 3.63) is 65.2 Å². The van der Waals surface area contributed by atoms with E-state index in [1.54, 1.807) is 11.8 Å². The van der Waals surface area contributed by atoms with Gasteiger partial charge < -0.3 is 5.32 Å². The Bertz CT molecular complexity index is 738. The molecule has 3 nitrogen and oxygen atoms in total. The minimum absolute atomic E-state index is 0.0911. The number of benzene rings is 2. The van der Waals surface area contributed by atoms with E-state index in [1.165, 1.54) is 49.0 Å². The number of hydrogen-bond acceptors (Lipinski definition) is 3. The summed E-state index contributed by atoms with van der Waals surface area (Å²) < 4.78 is 0. The quantitative estimate of drug-likeness (QED) is 0.700. The number of aryl methyl sites for hydroxylation is 1. The van der Waals surface area contributed by atoms with Crippen LogP contribution in [0.1, 0.15) is 42.9 Å². The number of amides is 1.